The highest BCUT2D eigenvalue weighted by Crippen LogP contribution is 2.32. The van der Waals surface area contributed by atoms with E-state index in [1.165, 1.54) is 18.2 Å². The van der Waals surface area contributed by atoms with Gasteiger partial charge < -0.3 is 4.74 Å². The van der Waals surface area contributed by atoms with E-state index in [1.807, 2.05) is 6.07 Å². The summed E-state index contributed by atoms with van der Waals surface area (Å²) in [6.07, 6.45) is 0. The summed E-state index contributed by atoms with van der Waals surface area (Å²) in [5.74, 6) is 0.418. The molecule has 1 atom stereocenters. The SMILES string of the molecule is CC(C)(C)C(CBr)COc1ccc(C#N)cc1[N+](=O)[O-]. The lowest BCUT2D eigenvalue weighted by Crippen LogP contribution is -2.28. The Bertz CT molecular complexity index is 532. The van der Waals surface area contributed by atoms with Gasteiger partial charge in [-0.1, -0.05) is 36.7 Å². The number of nitro benzene ring substituents is 1. The van der Waals surface area contributed by atoms with E-state index < -0.39 is 4.92 Å². The minimum Gasteiger partial charge on any atom is -0.486 e. The fraction of sp³-hybridized carbons (Fsp3) is 0.500. The molecule has 6 heteroatoms. The van der Waals surface area contributed by atoms with Crippen molar-refractivity contribution in [2.45, 2.75) is 20.8 Å². The summed E-state index contributed by atoms with van der Waals surface area (Å²) in [7, 11) is 0. The summed E-state index contributed by atoms with van der Waals surface area (Å²) >= 11 is 3.44. The van der Waals surface area contributed by atoms with Gasteiger partial charge in [-0.3, -0.25) is 10.1 Å². The number of hydrogen-bond donors (Lipinski definition) is 0. The Morgan fingerprint density at radius 3 is 2.60 bits per heavy atom. The van der Waals surface area contributed by atoms with E-state index in [1.54, 1.807) is 0 Å². The van der Waals surface area contributed by atoms with Crippen molar-refractivity contribution in [2.24, 2.45) is 11.3 Å². The van der Waals surface area contributed by atoms with Crippen LogP contribution in [0.3, 0.4) is 0 Å². The predicted molar refractivity (Wildman–Crippen MR) is 80.0 cm³/mol. The first-order valence-electron chi connectivity index (χ1n) is 6.17. The maximum atomic E-state index is 11.0. The van der Waals surface area contributed by atoms with Crippen molar-refractivity contribution in [3.8, 4) is 11.8 Å². The predicted octanol–water partition coefficient (Wildman–Crippen LogP) is 3.90. The van der Waals surface area contributed by atoms with Crippen LogP contribution >= 0.6 is 15.9 Å². The summed E-state index contributed by atoms with van der Waals surface area (Å²) in [4.78, 5) is 10.5. The number of nitrogens with zero attached hydrogens (tertiary/aromatic N) is 2. The van der Waals surface area contributed by atoms with Gasteiger partial charge in [0, 0.05) is 17.3 Å². The zero-order valence-corrected chi connectivity index (χ0v) is 13.3. The Morgan fingerprint density at radius 1 is 1.50 bits per heavy atom. The first kappa shape index (κ1) is 16.4. The Morgan fingerprint density at radius 2 is 2.15 bits per heavy atom. The van der Waals surface area contributed by atoms with Crippen molar-refractivity contribution < 1.29 is 9.66 Å². The van der Waals surface area contributed by atoms with Gasteiger partial charge in [0.15, 0.2) is 5.75 Å². The lowest BCUT2D eigenvalue weighted by Gasteiger charge is -2.28. The quantitative estimate of drug-likeness (QED) is 0.462. The number of hydrogen-bond acceptors (Lipinski definition) is 4. The molecule has 20 heavy (non-hydrogen) atoms. The minimum atomic E-state index is -0.531. The summed E-state index contributed by atoms with van der Waals surface area (Å²) in [6.45, 7) is 6.65. The molecule has 1 aromatic carbocycles. The normalized spacial score (nSPS) is 12.6. The Labute approximate surface area is 126 Å². The standard InChI is InChI=1S/C14H17BrN2O3/c1-14(2,3)11(7-15)9-20-13-5-4-10(8-16)6-12(13)17(18)19/h4-6,11H,7,9H2,1-3H3. The maximum Gasteiger partial charge on any atom is 0.312 e. The molecule has 1 aromatic rings. The molecule has 0 spiro atoms. The number of nitriles is 1. The maximum absolute atomic E-state index is 11.0. The van der Waals surface area contributed by atoms with Crippen LogP contribution < -0.4 is 4.74 Å². The summed E-state index contributed by atoms with van der Waals surface area (Å²) in [6, 6.07) is 6.11. The highest BCUT2D eigenvalue weighted by molar-refractivity contribution is 9.09. The Hall–Kier alpha value is -1.61. The van der Waals surface area contributed by atoms with Crippen molar-refractivity contribution in [1.82, 2.24) is 0 Å². The Kier molecular flexibility index (Phi) is 5.52. The van der Waals surface area contributed by atoms with Crippen LogP contribution in [0.15, 0.2) is 18.2 Å². The van der Waals surface area contributed by atoms with Gasteiger partial charge in [-0.25, -0.2) is 0 Å². The van der Waals surface area contributed by atoms with Crippen molar-refractivity contribution >= 4 is 21.6 Å². The topological polar surface area (TPSA) is 76.2 Å². The van der Waals surface area contributed by atoms with Crippen molar-refractivity contribution in [3.05, 3.63) is 33.9 Å². The van der Waals surface area contributed by atoms with Crippen LogP contribution in [-0.2, 0) is 0 Å². The van der Waals surface area contributed by atoms with E-state index in [9.17, 15) is 10.1 Å². The summed E-state index contributed by atoms with van der Waals surface area (Å²) in [5, 5.41) is 20.5. The number of benzene rings is 1. The molecule has 0 bridgehead atoms. The fourth-order valence-corrected chi connectivity index (χ4v) is 2.73. The molecule has 5 nitrogen and oxygen atoms in total. The second-order valence-corrected chi connectivity index (χ2v) is 6.23. The largest absolute Gasteiger partial charge is 0.486 e. The van der Waals surface area contributed by atoms with Gasteiger partial charge in [0.2, 0.25) is 0 Å². The first-order valence-corrected chi connectivity index (χ1v) is 7.29. The summed E-state index contributed by atoms with van der Waals surface area (Å²) in [5.41, 5.74) is 0.105. The van der Waals surface area contributed by atoms with E-state index in [0.717, 1.165) is 5.33 Å². The third kappa shape index (κ3) is 4.20. The molecule has 0 fully saturated rings. The van der Waals surface area contributed by atoms with Crippen LogP contribution in [0.25, 0.3) is 0 Å². The van der Waals surface area contributed by atoms with Gasteiger partial charge >= 0.3 is 5.69 Å². The van der Waals surface area contributed by atoms with Gasteiger partial charge in [0.1, 0.15) is 0 Å². The molecule has 0 N–H and O–H groups in total. The molecule has 0 amide bonds. The molecule has 1 unspecified atom stereocenters. The molecule has 0 saturated carbocycles. The van der Waals surface area contributed by atoms with E-state index in [4.69, 9.17) is 10.00 Å². The monoisotopic (exact) mass is 340 g/mol. The van der Waals surface area contributed by atoms with E-state index in [2.05, 4.69) is 36.7 Å². The fourth-order valence-electron chi connectivity index (χ4n) is 1.57. The molecule has 0 aliphatic rings. The second-order valence-electron chi connectivity index (χ2n) is 5.58. The van der Waals surface area contributed by atoms with Crippen LogP contribution in [-0.4, -0.2) is 16.9 Å². The van der Waals surface area contributed by atoms with Crippen LogP contribution in [0.2, 0.25) is 0 Å². The minimum absolute atomic E-state index is 0.0326. The smallest absolute Gasteiger partial charge is 0.312 e. The molecule has 0 aromatic heterocycles. The molecule has 0 radical (unpaired) electrons. The Balaban J connectivity index is 2.93. The van der Waals surface area contributed by atoms with Gasteiger partial charge in [-0.05, 0) is 17.5 Å². The van der Waals surface area contributed by atoms with Crippen LogP contribution in [0.1, 0.15) is 26.3 Å². The lowest BCUT2D eigenvalue weighted by atomic mass is 9.83. The van der Waals surface area contributed by atoms with Crippen LogP contribution in [0, 0.1) is 32.8 Å². The van der Waals surface area contributed by atoms with Gasteiger partial charge in [0.25, 0.3) is 0 Å². The third-order valence-electron chi connectivity index (χ3n) is 3.14. The van der Waals surface area contributed by atoms with Gasteiger partial charge in [-0.15, -0.1) is 0 Å². The molecular weight excluding hydrogens is 324 g/mol. The zero-order valence-electron chi connectivity index (χ0n) is 11.7. The van der Waals surface area contributed by atoms with E-state index >= 15 is 0 Å². The third-order valence-corrected chi connectivity index (χ3v) is 3.92. The van der Waals surface area contributed by atoms with Crippen molar-refractivity contribution in [3.63, 3.8) is 0 Å². The van der Waals surface area contributed by atoms with E-state index in [0.29, 0.717) is 6.61 Å². The molecule has 0 saturated heterocycles. The van der Waals surface area contributed by atoms with Crippen LogP contribution in [0.5, 0.6) is 5.75 Å². The summed E-state index contributed by atoms with van der Waals surface area (Å²) < 4.78 is 5.60. The van der Waals surface area contributed by atoms with Gasteiger partial charge in [-0.2, -0.15) is 5.26 Å². The second kappa shape index (κ2) is 6.71. The molecule has 108 valence electrons. The average Bonchev–Trinajstić information content (AvgIpc) is 2.37. The van der Waals surface area contributed by atoms with Gasteiger partial charge in [0.05, 0.1) is 23.2 Å². The first-order chi connectivity index (χ1) is 9.29. The number of halogens is 1. The number of ether oxygens (including phenoxy) is 1. The lowest BCUT2D eigenvalue weighted by molar-refractivity contribution is -0.385. The van der Waals surface area contributed by atoms with Crippen LogP contribution in [0.4, 0.5) is 5.69 Å². The molecular formula is C14H17BrN2O3. The number of alkyl halides is 1. The molecule has 0 aliphatic carbocycles. The number of rotatable bonds is 5. The van der Waals surface area contributed by atoms with E-state index in [-0.39, 0.29) is 28.3 Å². The highest BCUT2D eigenvalue weighted by atomic mass is 79.9. The average molecular weight is 341 g/mol. The van der Waals surface area contributed by atoms with Crippen molar-refractivity contribution in [2.75, 3.05) is 11.9 Å². The zero-order chi connectivity index (χ0) is 15.3. The highest BCUT2D eigenvalue weighted by Gasteiger charge is 2.25. The van der Waals surface area contributed by atoms with Crippen molar-refractivity contribution in [1.29, 1.82) is 5.26 Å². The molecule has 0 aliphatic heterocycles. The molecule has 0 heterocycles. The molecule has 1 rings (SSSR count). The number of nitro groups is 1.